The Morgan fingerprint density at radius 2 is 2.29 bits per heavy atom. The highest BCUT2D eigenvalue weighted by Gasteiger charge is 2.21. The highest BCUT2D eigenvalue weighted by molar-refractivity contribution is 5.94. The predicted octanol–water partition coefficient (Wildman–Crippen LogP) is 0.938. The van der Waals surface area contributed by atoms with E-state index in [0.717, 1.165) is 0 Å². The van der Waals surface area contributed by atoms with Gasteiger partial charge in [-0.1, -0.05) is 0 Å². The summed E-state index contributed by atoms with van der Waals surface area (Å²) in [5.41, 5.74) is 6.08. The van der Waals surface area contributed by atoms with Crippen LogP contribution >= 0.6 is 0 Å². The molecular formula is C9H10FN3O. The molecule has 2 rings (SSSR count). The number of hydrogen-bond donors (Lipinski definition) is 2. The quantitative estimate of drug-likeness (QED) is 0.655. The molecule has 0 bridgehead atoms. The fraction of sp³-hybridized carbons (Fsp3) is 0.222. The van der Waals surface area contributed by atoms with Crippen molar-refractivity contribution in [3.63, 3.8) is 0 Å². The van der Waals surface area contributed by atoms with Gasteiger partial charge in [0.1, 0.15) is 5.82 Å². The summed E-state index contributed by atoms with van der Waals surface area (Å²) in [5.74, 6) is -0.464. The number of anilines is 2. The normalized spacial score (nSPS) is 15.8. The zero-order chi connectivity index (χ0) is 10.1. The maximum atomic E-state index is 12.8. The van der Waals surface area contributed by atoms with Crippen molar-refractivity contribution < 1.29 is 9.18 Å². The smallest absolute Gasteiger partial charge is 0.321 e. The average molecular weight is 195 g/mol. The second-order valence-electron chi connectivity index (χ2n) is 3.09. The Kier molecular flexibility index (Phi) is 1.99. The zero-order valence-electron chi connectivity index (χ0n) is 7.46. The van der Waals surface area contributed by atoms with Crippen LogP contribution in [-0.4, -0.2) is 19.1 Å². The second kappa shape index (κ2) is 3.17. The van der Waals surface area contributed by atoms with E-state index in [1.807, 2.05) is 0 Å². The van der Waals surface area contributed by atoms with Gasteiger partial charge in [0.05, 0.1) is 5.69 Å². The Morgan fingerprint density at radius 3 is 2.86 bits per heavy atom. The SMILES string of the molecule is Nc1cc(N2CCNC2=O)ccc1F. The number of nitrogen functional groups attached to an aromatic ring is 1. The molecule has 0 aromatic heterocycles. The summed E-state index contributed by atoms with van der Waals surface area (Å²) >= 11 is 0. The van der Waals surface area contributed by atoms with Crippen LogP contribution in [0.25, 0.3) is 0 Å². The molecule has 1 aromatic carbocycles. The van der Waals surface area contributed by atoms with E-state index in [4.69, 9.17) is 5.73 Å². The van der Waals surface area contributed by atoms with Crippen LogP contribution in [-0.2, 0) is 0 Å². The lowest BCUT2D eigenvalue weighted by Gasteiger charge is -2.14. The predicted molar refractivity (Wildman–Crippen MR) is 51.6 cm³/mol. The Balaban J connectivity index is 2.32. The molecule has 0 spiro atoms. The molecule has 2 amide bonds. The van der Waals surface area contributed by atoms with Crippen LogP contribution < -0.4 is 16.0 Å². The summed E-state index contributed by atoms with van der Waals surface area (Å²) in [5, 5.41) is 2.65. The summed E-state index contributed by atoms with van der Waals surface area (Å²) < 4.78 is 12.8. The van der Waals surface area contributed by atoms with Crippen molar-refractivity contribution in [3.8, 4) is 0 Å². The number of rotatable bonds is 1. The monoisotopic (exact) mass is 195 g/mol. The fourth-order valence-corrected chi connectivity index (χ4v) is 1.42. The number of hydrogen-bond acceptors (Lipinski definition) is 2. The van der Waals surface area contributed by atoms with Crippen molar-refractivity contribution in [2.24, 2.45) is 0 Å². The minimum atomic E-state index is -0.464. The van der Waals surface area contributed by atoms with Gasteiger partial charge in [0.2, 0.25) is 0 Å². The van der Waals surface area contributed by atoms with Crippen molar-refractivity contribution in [1.29, 1.82) is 0 Å². The molecule has 1 aliphatic rings. The van der Waals surface area contributed by atoms with Gasteiger partial charge < -0.3 is 11.1 Å². The number of carbonyl (C=O) groups is 1. The van der Waals surface area contributed by atoms with Gasteiger partial charge in [0.25, 0.3) is 0 Å². The van der Waals surface area contributed by atoms with E-state index in [1.54, 1.807) is 0 Å². The number of nitrogens with two attached hydrogens (primary N) is 1. The van der Waals surface area contributed by atoms with Gasteiger partial charge in [-0.3, -0.25) is 4.90 Å². The van der Waals surface area contributed by atoms with Crippen molar-refractivity contribution in [2.75, 3.05) is 23.7 Å². The Labute approximate surface area is 80.5 Å². The number of urea groups is 1. The molecule has 4 nitrogen and oxygen atoms in total. The molecular weight excluding hydrogens is 185 g/mol. The topological polar surface area (TPSA) is 58.4 Å². The van der Waals surface area contributed by atoms with Crippen molar-refractivity contribution >= 4 is 17.4 Å². The van der Waals surface area contributed by atoms with Crippen molar-refractivity contribution in [1.82, 2.24) is 5.32 Å². The van der Waals surface area contributed by atoms with Crippen molar-refractivity contribution in [2.45, 2.75) is 0 Å². The zero-order valence-corrected chi connectivity index (χ0v) is 7.46. The van der Waals surface area contributed by atoms with Crippen molar-refractivity contribution in [3.05, 3.63) is 24.0 Å². The van der Waals surface area contributed by atoms with E-state index in [1.165, 1.54) is 23.1 Å². The molecule has 1 aromatic rings. The largest absolute Gasteiger partial charge is 0.396 e. The lowest BCUT2D eigenvalue weighted by molar-refractivity contribution is 0.252. The standard InChI is InChI=1S/C9H10FN3O/c10-7-2-1-6(5-8(7)11)13-4-3-12-9(13)14/h1-2,5H,3-4,11H2,(H,12,14). The number of nitrogens with zero attached hydrogens (tertiary/aromatic N) is 1. The van der Waals surface area contributed by atoms with E-state index in [0.29, 0.717) is 18.8 Å². The summed E-state index contributed by atoms with van der Waals surface area (Å²) in [6, 6.07) is 4.09. The summed E-state index contributed by atoms with van der Waals surface area (Å²) in [4.78, 5) is 12.8. The third-order valence-corrected chi connectivity index (χ3v) is 2.15. The maximum absolute atomic E-state index is 12.8. The summed E-state index contributed by atoms with van der Waals surface area (Å²) in [6.07, 6.45) is 0. The van der Waals surface area contributed by atoms with Gasteiger partial charge >= 0.3 is 6.03 Å². The van der Waals surface area contributed by atoms with Crippen LogP contribution in [0.3, 0.4) is 0 Å². The van der Waals surface area contributed by atoms with Gasteiger partial charge in [-0.05, 0) is 18.2 Å². The highest BCUT2D eigenvalue weighted by atomic mass is 19.1. The first-order valence-electron chi connectivity index (χ1n) is 4.29. The third-order valence-electron chi connectivity index (χ3n) is 2.15. The van der Waals surface area contributed by atoms with Crippen LogP contribution in [0.4, 0.5) is 20.6 Å². The third kappa shape index (κ3) is 1.37. The van der Waals surface area contributed by atoms with E-state index in [-0.39, 0.29) is 11.7 Å². The molecule has 1 fully saturated rings. The number of amides is 2. The number of halogens is 1. The minimum absolute atomic E-state index is 0.0576. The summed E-state index contributed by atoms with van der Waals surface area (Å²) in [6.45, 7) is 1.19. The number of carbonyl (C=O) groups excluding carboxylic acids is 1. The Morgan fingerprint density at radius 1 is 1.50 bits per heavy atom. The fourth-order valence-electron chi connectivity index (χ4n) is 1.42. The Hall–Kier alpha value is -1.78. The van der Waals surface area contributed by atoms with E-state index in [9.17, 15) is 9.18 Å². The molecule has 0 atom stereocenters. The number of nitrogens with one attached hydrogen (secondary N) is 1. The number of benzene rings is 1. The van der Waals surface area contributed by atoms with Gasteiger partial charge in [0.15, 0.2) is 0 Å². The molecule has 1 aliphatic heterocycles. The van der Waals surface area contributed by atoms with Gasteiger partial charge in [0, 0.05) is 18.8 Å². The second-order valence-corrected chi connectivity index (χ2v) is 3.09. The lowest BCUT2D eigenvalue weighted by atomic mass is 10.2. The first kappa shape index (κ1) is 8.80. The maximum Gasteiger partial charge on any atom is 0.321 e. The molecule has 5 heteroatoms. The Bertz CT molecular complexity index is 380. The molecule has 0 radical (unpaired) electrons. The van der Waals surface area contributed by atoms with E-state index < -0.39 is 5.82 Å². The van der Waals surface area contributed by atoms with Crippen LogP contribution in [0, 0.1) is 5.82 Å². The molecule has 14 heavy (non-hydrogen) atoms. The molecule has 1 heterocycles. The molecule has 3 N–H and O–H groups in total. The molecule has 0 aliphatic carbocycles. The van der Waals surface area contributed by atoms with Gasteiger partial charge in [-0.15, -0.1) is 0 Å². The highest BCUT2D eigenvalue weighted by Crippen LogP contribution is 2.21. The van der Waals surface area contributed by atoms with E-state index >= 15 is 0 Å². The van der Waals surface area contributed by atoms with Crippen LogP contribution in [0.5, 0.6) is 0 Å². The van der Waals surface area contributed by atoms with Gasteiger partial charge in [-0.25, -0.2) is 9.18 Å². The summed E-state index contributed by atoms with van der Waals surface area (Å²) in [7, 11) is 0. The lowest BCUT2D eigenvalue weighted by Crippen LogP contribution is -2.27. The first-order chi connectivity index (χ1) is 6.68. The molecule has 0 unspecified atom stereocenters. The minimum Gasteiger partial charge on any atom is -0.396 e. The average Bonchev–Trinajstić information content (AvgIpc) is 2.57. The first-order valence-corrected chi connectivity index (χ1v) is 4.29. The van der Waals surface area contributed by atoms with Gasteiger partial charge in [-0.2, -0.15) is 0 Å². The molecule has 74 valence electrons. The van der Waals surface area contributed by atoms with Crippen LogP contribution in [0.15, 0.2) is 18.2 Å². The van der Waals surface area contributed by atoms with Crippen LogP contribution in [0.2, 0.25) is 0 Å². The molecule has 1 saturated heterocycles. The van der Waals surface area contributed by atoms with Crippen LogP contribution in [0.1, 0.15) is 0 Å². The van der Waals surface area contributed by atoms with E-state index in [2.05, 4.69) is 5.32 Å². The molecule has 0 saturated carbocycles.